The molecule has 37 heavy (non-hydrogen) atoms. The minimum Gasteiger partial charge on any atom is -0.322 e. The number of aryl methyl sites for hydroxylation is 1. The van der Waals surface area contributed by atoms with E-state index in [9.17, 15) is 18.0 Å². The molecule has 1 fully saturated rings. The van der Waals surface area contributed by atoms with E-state index in [1.807, 2.05) is 38.1 Å². The number of likely N-dealkylation sites (N-methyl/N-ethyl adjacent to an activating group) is 1. The Bertz CT molecular complexity index is 1250. The van der Waals surface area contributed by atoms with Crippen molar-refractivity contribution in [1.29, 1.82) is 0 Å². The largest absolute Gasteiger partial charge is 0.416 e. The highest BCUT2D eigenvalue weighted by Crippen LogP contribution is 2.35. The Kier molecular flexibility index (Phi) is 8.26. The number of rotatable bonds is 7. The molecule has 9 heteroatoms. The summed E-state index contributed by atoms with van der Waals surface area (Å²) in [4.78, 5) is 21.5. The molecule has 1 aliphatic heterocycles. The number of carbonyl (C=O) groups is 1. The summed E-state index contributed by atoms with van der Waals surface area (Å²) in [5, 5.41) is 5.74. The van der Waals surface area contributed by atoms with Gasteiger partial charge in [-0.25, -0.2) is 0 Å². The van der Waals surface area contributed by atoms with Crippen LogP contribution in [0.5, 0.6) is 0 Å². The van der Waals surface area contributed by atoms with E-state index in [2.05, 4.69) is 20.5 Å². The number of benzene rings is 2. The van der Waals surface area contributed by atoms with Crippen molar-refractivity contribution in [2.75, 3.05) is 45.6 Å². The van der Waals surface area contributed by atoms with Crippen LogP contribution in [-0.2, 0) is 19.3 Å². The van der Waals surface area contributed by atoms with Crippen LogP contribution in [0.1, 0.15) is 32.6 Å². The summed E-state index contributed by atoms with van der Waals surface area (Å²) in [6.45, 7) is 5.90. The molecule has 1 amide bonds. The van der Waals surface area contributed by atoms with E-state index in [-0.39, 0.29) is 17.8 Å². The van der Waals surface area contributed by atoms with Crippen LogP contribution < -0.4 is 10.6 Å². The molecular weight excluding hydrogens is 479 g/mol. The van der Waals surface area contributed by atoms with E-state index in [0.717, 1.165) is 54.5 Å². The van der Waals surface area contributed by atoms with Crippen molar-refractivity contribution in [2.45, 2.75) is 26.2 Å². The second-order valence-electron chi connectivity index (χ2n) is 9.55. The predicted molar refractivity (Wildman–Crippen MR) is 139 cm³/mol. The number of aromatic nitrogens is 1. The van der Waals surface area contributed by atoms with E-state index in [4.69, 9.17) is 0 Å². The first-order chi connectivity index (χ1) is 17.6. The highest BCUT2D eigenvalue weighted by molar-refractivity contribution is 6.05. The molecule has 0 aliphatic carbocycles. The van der Waals surface area contributed by atoms with E-state index in [1.165, 1.54) is 6.07 Å². The minimum atomic E-state index is -4.52. The molecule has 4 rings (SSSR count). The van der Waals surface area contributed by atoms with Crippen LogP contribution in [-0.4, -0.2) is 61.0 Å². The molecule has 2 N–H and O–H groups in total. The zero-order valence-electron chi connectivity index (χ0n) is 21.3. The van der Waals surface area contributed by atoms with Crippen molar-refractivity contribution in [1.82, 2.24) is 20.1 Å². The molecule has 2 heterocycles. The highest BCUT2D eigenvalue weighted by Gasteiger charge is 2.34. The third kappa shape index (κ3) is 6.74. The Morgan fingerprint density at radius 2 is 1.78 bits per heavy atom. The normalized spacial score (nSPS) is 15.1. The van der Waals surface area contributed by atoms with Crippen LogP contribution in [0, 0.1) is 6.92 Å². The third-order valence-corrected chi connectivity index (χ3v) is 6.65. The second-order valence-corrected chi connectivity index (χ2v) is 9.55. The predicted octanol–water partition coefficient (Wildman–Crippen LogP) is 4.79. The molecular formula is C28H32F3N5O. The number of hydrogen-bond donors (Lipinski definition) is 2. The van der Waals surface area contributed by atoms with Gasteiger partial charge in [-0.1, -0.05) is 12.1 Å². The van der Waals surface area contributed by atoms with Crippen molar-refractivity contribution in [3.63, 3.8) is 0 Å². The van der Waals surface area contributed by atoms with Gasteiger partial charge in [0.1, 0.15) is 0 Å². The Morgan fingerprint density at radius 3 is 2.49 bits per heavy atom. The van der Waals surface area contributed by atoms with Gasteiger partial charge in [0, 0.05) is 68.5 Å². The molecule has 1 aliphatic rings. The summed E-state index contributed by atoms with van der Waals surface area (Å²) in [5.41, 5.74) is 3.64. The highest BCUT2D eigenvalue weighted by atomic mass is 19.4. The number of anilines is 1. The van der Waals surface area contributed by atoms with Crippen LogP contribution >= 0.6 is 0 Å². The van der Waals surface area contributed by atoms with Gasteiger partial charge in [-0.2, -0.15) is 13.2 Å². The summed E-state index contributed by atoms with van der Waals surface area (Å²) in [6, 6.07) is 11.3. The number of hydrogen-bond acceptors (Lipinski definition) is 5. The molecule has 0 spiro atoms. The monoisotopic (exact) mass is 511 g/mol. The second kappa shape index (κ2) is 11.4. The van der Waals surface area contributed by atoms with E-state index >= 15 is 0 Å². The lowest BCUT2D eigenvalue weighted by Gasteiger charge is -2.33. The Balaban J connectivity index is 1.55. The Labute approximate surface area is 215 Å². The molecule has 3 aromatic rings. The average Bonchev–Trinajstić information content (AvgIpc) is 2.86. The fraction of sp³-hybridized carbons (Fsp3) is 0.357. The Hall–Kier alpha value is -3.27. The van der Waals surface area contributed by atoms with E-state index in [1.54, 1.807) is 30.6 Å². The van der Waals surface area contributed by atoms with Gasteiger partial charge in [0.15, 0.2) is 0 Å². The van der Waals surface area contributed by atoms with Crippen LogP contribution in [0.25, 0.3) is 11.1 Å². The summed E-state index contributed by atoms with van der Waals surface area (Å²) < 4.78 is 41.8. The first kappa shape index (κ1) is 26.8. The first-order valence-electron chi connectivity index (χ1n) is 12.3. The lowest BCUT2D eigenvalue weighted by Crippen LogP contribution is -2.44. The molecule has 0 unspecified atom stereocenters. The van der Waals surface area contributed by atoms with E-state index < -0.39 is 17.6 Å². The van der Waals surface area contributed by atoms with Gasteiger partial charge in [-0.3, -0.25) is 14.7 Å². The van der Waals surface area contributed by atoms with Gasteiger partial charge >= 0.3 is 6.18 Å². The summed E-state index contributed by atoms with van der Waals surface area (Å²) in [6.07, 6.45) is -1.01. The molecule has 0 radical (unpaired) electrons. The number of halogens is 3. The molecule has 0 saturated carbocycles. The Morgan fingerprint density at radius 1 is 1.03 bits per heavy atom. The maximum absolute atomic E-state index is 13.9. The minimum absolute atomic E-state index is 0.110. The van der Waals surface area contributed by atoms with Crippen LogP contribution in [0.2, 0.25) is 0 Å². The van der Waals surface area contributed by atoms with Crippen molar-refractivity contribution < 1.29 is 18.0 Å². The summed E-state index contributed by atoms with van der Waals surface area (Å²) >= 11 is 0. The van der Waals surface area contributed by atoms with Gasteiger partial charge in [-0.05, 0) is 73.6 Å². The zero-order chi connectivity index (χ0) is 26.6. The standard InChI is InChI=1S/C28H32F3N5O/c1-19-4-5-21(13-25(19)23-12-20(15-32-2)16-33-17-23)27(37)34-24-7-6-22(26(14-24)28(29,30)31)18-36-10-8-35(3)9-11-36/h4-7,12-14,16-17,32H,8-11,15,18H2,1-3H3,(H,34,37). The molecule has 2 aromatic carbocycles. The van der Waals surface area contributed by atoms with Crippen molar-refractivity contribution in [3.05, 3.63) is 82.7 Å². The van der Waals surface area contributed by atoms with Crippen molar-refractivity contribution in [3.8, 4) is 11.1 Å². The lowest BCUT2D eigenvalue weighted by atomic mass is 9.98. The fourth-order valence-electron chi connectivity index (χ4n) is 4.52. The molecule has 0 bridgehead atoms. The maximum atomic E-state index is 13.9. The maximum Gasteiger partial charge on any atom is 0.416 e. The number of pyridine rings is 1. The van der Waals surface area contributed by atoms with Gasteiger partial charge in [0.25, 0.3) is 5.91 Å². The molecule has 0 atom stereocenters. The molecule has 1 aromatic heterocycles. The number of amides is 1. The average molecular weight is 512 g/mol. The molecule has 1 saturated heterocycles. The van der Waals surface area contributed by atoms with Gasteiger partial charge in [-0.15, -0.1) is 0 Å². The van der Waals surface area contributed by atoms with Crippen LogP contribution in [0.3, 0.4) is 0 Å². The summed E-state index contributed by atoms with van der Waals surface area (Å²) in [5.74, 6) is -0.472. The van der Waals surface area contributed by atoms with Crippen LogP contribution in [0.4, 0.5) is 18.9 Å². The zero-order valence-corrected chi connectivity index (χ0v) is 21.3. The quantitative estimate of drug-likeness (QED) is 0.478. The van der Waals surface area contributed by atoms with Gasteiger partial charge < -0.3 is 15.5 Å². The fourth-order valence-corrected chi connectivity index (χ4v) is 4.52. The number of piperazine rings is 1. The van der Waals surface area contributed by atoms with Crippen molar-refractivity contribution >= 4 is 11.6 Å². The number of nitrogens with one attached hydrogen (secondary N) is 2. The smallest absolute Gasteiger partial charge is 0.322 e. The SMILES string of the molecule is CNCc1cncc(-c2cc(C(=O)Nc3ccc(CN4CCN(C)CC4)c(C(F)(F)F)c3)ccc2C)c1. The molecule has 196 valence electrons. The summed E-state index contributed by atoms with van der Waals surface area (Å²) in [7, 11) is 3.86. The number of nitrogens with zero attached hydrogens (tertiary/aromatic N) is 3. The van der Waals surface area contributed by atoms with Gasteiger partial charge in [0.05, 0.1) is 5.56 Å². The topological polar surface area (TPSA) is 60.5 Å². The van der Waals surface area contributed by atoms with Crippen molar-refractivity contribution in [2.24, 2.45) is 0 Å². The third-order valence-electron chi connectivity index (χ3n) is 6.65. The number of carbonyl (C=O) groups excluding carboxylic acids is 1. The van der Waals surface area contributed by atoms with Crippen LogP contribution in [0.15, 0.2) is 54.9 Å². The van der Waals surface area contributed by atoms with E-state index in [0.29, 0.717) is 12.1 Å². The first-order valence-corrected chi connectivity index (χ1v) is 12.3. The van der Waals surface area contributed by atoms with Gasteiger partial charge in [0.2, 0.25) is 0 Å². The molecule has 6 nitrogen and oxygen atoms in total. The lowest BCUT2D eigenvalue weighted by molar-refractivity contribution is -0.138. The number of alkyl halides is 3.